The summed E-state index contributed by atoms with van der Waals surface area (Å²) >= 11 is 0. The summed E-state index contributed by atoms with van der Waals surface area (Å²) in [6.07, 6.45) is 18.8. The second kappa shape index (κ2) is 13.1. The molecule has 0 aliphatic carbocycles. The van der Waals surface area contributed by atoms with Crippen molar-refractivity contribution in [1.29, 1.82) is 0 Å². The Kier molecular flexibility index (Phi) is 9.60. The van der Waals surface area contributed by atoms with Gasteiger partial charge in [0.1, 0.15) is 0 Å². The number of rotatable bonds is 9. The van der Waals surface area contributed by atoms with Crippen LogP contribution < -0.4 is 5.32 Å². The van der Waals surface area contributed by atoms with Gasteiger partial charge in [0, 0.05) is 19.8 Å². The Morgan fingerprint density at radius 2 is 1.79 bits per heavy atom. The van der Waals surface area contributed by atoms with Crippen molar-refractivity contribution >= 4 is 22.7 Å². The fourth-order valence-electron chi connectivity index (χ4n) is 3.87. The molecule has 3 rings (SSSR count). The van der Waals surface area contributed by atoms with E-state index in [4.69, 9.17) is 4.99 Å². The van der Waals surface area contributed by atoms with Gasteiger partial charge >= 0.3 is 0 Å². The standard InChI is InChI=1S/C31H35N3/c1-5-24(23-25(6-2)26-19-21-28(32-3)22-20-26)13-10-11-16-30(33-4)31-18-12-17-29(34-31)27-14-8-7-9-15-27/h5,7-16,18-23,29,32H,6,17H2,1-4H3/b13-10+,16-11-,24-5-,25-23+,33-30?. The van der Waals surface area contributed by atoms with E-state index in [1.807, 2.05) is 32.3 Å². The Morgan fingerprint density at radius 1 is 1.06 bits per heavy atom. The van der Waals surface area contributed by atoms with E-state index in [1.165, 1.54) is 22.3 Å². The van der Waals surface area contributed by atoms with Gasteiger partial charge in [0.05, 0.1) is 17.5 Å². The third-order valence-electron chi connectivity index (χ3n) is 5.87. The summed E-state index contributed by atoms with van der Waals surface area (Å²) in [6, 6.07) is 19.2. The Morgan fingerprint density at radius 3 is 2.44 bits per heavy atom. The maximum absolute atomic E-state index is 4.95. The van der Waals surface area contributed by atoms with Crippen molar-refractivity contribution in [1.82, 2.24) is 0 Å². The molecule has 1 aliphatic heterocycles. The first kappa shape index (κ1) is 24.9. The van der Waals surface area contributed by atoms with Crippen LogP contribution in [-0.4, -0.2) is 25.5 Å². The van der Waals surface area contributed by atoms with Gasteiger partial charge in [0.25, 0.3) is 0 Å². The summed E-state index contributed by atoms with van der Waals surface area (Å²) in [5.74, 6) is 0. The predicted octanol–water partition coefficient (Wildman–Crippen LogP) is 7.79. The topological polar surface area (TPSA) is 36.8 Å². The molecule has 1 heterocycles. The van der Waals surface area contributed by atoms with E-state index < -0.39 is 0 Å². The zero-order chi connectivity index (χ0) is 24.2. The van der Waals surface area contributed by atoms with E-state index in [9.17, 15) is 0 Å². The fraction of sp³-hybridized carbons (Fsp3) is 0.226. The first-order valence-corrected chi connectivity index (χ1v) is 11.9. The average Bonchev–Trinajstić information content (AvgIpc) is 2.91. The summed E-state index contributed by atoms with van der Waals surface area (Å²) in [7, 11) is 3.76. The largest absolute Gasteiger partial charge is 0.388 e. The van der Waals surface area contributed by atoms with Crippen molar-refractivity contribution in [3.05, 3.63) is 120 Å². The molecule has 0 aromatic heterocycles. The van der Waals surface area contributed by atoms with E-state index in [0.29, 0.717) is 0 Å². The molecule has 2 aromatic carbocycles. The minimum absolute atomic E-state index is 0.149. The number of hydrogen-bond donors (Lipinski definition) is 1. The SMILES string of the molecule is C/C=C(/C=C/C=C\C(=NC)C1=NC(c2ccccc2)CC=C1)\C=C(/CC)c1ccc(NC)cc1. The van der Waals surface area contributed by atoms with Crippen LogP contribution in [-0.2, 0) is 0 Å². The van der Waals surface area contributed by atoms with Gasteiger partial charge in [0.2, 0.25) is 0 Å². The van der Waals surface area contributed by atoms with Crippen LogP contribution in [0.25, 0.3) is 5.57 Å². The molecule has 1 N–H and O–H groups in total. The van der Waals surface area contributed by atoms with Crippen molar-refractivity contribution in [3.8, 4) is 0 Å². The van der Waals surface area contributed by atoms with Crippen LogP contribution in [0.4, 0.5) is 5.69 Å². The van der Waals surface area contributed by atoms with Gasteiger partial charge in [-0.3, -0.25) is 9.98 Å². The number of hydrogen-bond acceptors (Lipinski definition) is 3. The molecule has 0 radical (unpaired) electrons. The molecule has 0 amide bonds. The van der Waals surface area contributed by atoms with E-state index in [2.05, 4.69) is 109 Å². The number of nitrogens with one attached hydrogen (secondary N) is 1. The van der Waals surface area contributed by atoms with Crippen LogP contribution in [0.15, 0.2) is 119 Å². The van der Waals surface area contributed by atoms with Gasteiger partial charge in [-0.15, -0.1) is 0 Å². The van der Waals surface area contributed by atoms with Gasteiger partial charge in [0.15, 0.2) is 0 Å². The summed E-state index contributed by atoms with van der Waals surface area (Å²) in [4.78, 5) is 9.42. The highest BCUT2D eigenvalue weighted by Crippen LogP contribution is 2.25. The van der Waals surface area contributed by atoms with Crippen LogP contribution >= 0.6 is 0 Å². The molecule has 174 valence electrons. The van der Waals surface area contributed by atoms with Gasteiger partial charge in [-0.1, -0.05) is 85.8 Å². The third-order valence-corrected chi connectivity index (χ3v) is 5.87. The van der Waals surface area contributed by atoms with Crippen LogP contribution in [0.3, 0.4) is 0 Å². The Bertz CT molecular complexity index is 1140. The summed E-state index contributed by atoms with van der Waals surface area (Å²) < 4.78 is 0. The highest BCUT2D eigenvalue weighted by molar-refractivity contribution is 6.50. The molecule has 0 spiro atoms. The van der Waals surface area contributed by atoms with Gasteiger partial charge in [-0.05, 0) is 66.3 Å². The number of benzene rings is 2. The average molecular weight is 450 g/mol. The molecule has 1 aliphatic rings. The molecule has 0 fully saturated rings. The van der Waals surface area contributed by atoms with Crippen LogP contribution in [0.1, 0.15) is 43.9 Å². The summed E-state index contributed by atoms with van der Waals surface area (Å²) in [5, 5.41) is 3.17. The second-order valence-electron chi connectivity index (χ2n) is 8.05. The second-order valence-corrected chi connectivity index (χ2v) is 8.05. The molecule has 1 atom stereocenters. The molecule has 2 aromatic rings. The molecule has 0 saturated heterocycles. The van der Waals surface area contributed by atoms with Crippen LogP contribution in [0.5, 0.6) is 0 Å². The lowest BCUT2D eigenvalue weighted by Crippen LogP contribution is -2.14. The number of dihydropyridines is 1. The highest BCUT2D eigenvalue weighted by atomic mass is 14.8. The van der Waals surface area contributed by atoms with Crippen molar-refractivity contribution in [2.75, 3.05) is 19.4 Å². The number of anilines is 1. The first-order chi connectivity index (χ1) is 16.7. The maximum Gasteiger partial charge on any atom is 0.0830 e. The molecule has 0 saturated carbocycles. The zero-order valence-electron chi connectivity index (χ0n) is 20.7. The fourth-order valence-corrected chi connectivity index (χ4v) is 3.87. The quantitative estimate of drug-likeness (QED) is 0.308. The molecule has 34 heavy (non-hydrogen) atoms. The van der Waals surface area contributed by atoms with Crippen molar-refractivity contribution in [2.24, 2.45) is 9.98 Å². The number of nitrogens with zero attached hydrogens (tertiary/aromatic N) is 2. The lowest BCUT2D eigenvalue weighted by atomic mass is 9.99. The molecule has 0 bridgehead atoms. The van der Waals surface area contributed by atoms with Crippen molar-refractivity contribution in [3.63, 3.8) is 0 Å². The lowest BCUT2D eigenvalue weighted by Gasteiger charge is -2.16. The van der Waals surface area contributed by atoms with E-state index in [0.717, 1.165) is 30.0 Å². The smallest absolute Gasteiger partial charge is 0.0830 e. The molecule has 3 heteroatoms. The zero-order valence-corrected chi connectivity index (χ0v) is 20.7. The molecule has 1 unspecified atom stereocenters. The summed E-state index contributed by atoms with van der Waals surface area (Å²) in [6.45, 7) is 4.27. The molecule has 3 nitrogen and oxygen atoms in total. The van der Waals surface area contributed by atoms with Crippen molar-refractivity contribution in [2.45, 2.75) is 32.7 Å². The Balaban J connectivity index is 1.70. The molecular weight excluding hydrogens is 414 g/mol. The Labute approximate surface area is 204 Å². The first-order valence-electron chi connectivity index (χ1n) is 11.9. The van der Waals surface area contributed by atoms with Crippen LogP contribution in [0.2, 0.25) is 0 Å². The minimum Gasteiger partial charge on any atom is -0.388 e. The minimum atomic E-state index is 0.149. The van der Waals surface area contributed by atoms with Crippen LogP contribution in [0, 0.1) is 0 Å². The third kappa shape index (κ3) is 6.89. The van der Waals surface area contributed by atoms with Crippen molar-refractivity contribution < 1.29 is 0 Å². The number of aliphatic imine (C=N–C) groups is 2. The molecular formula is C31H35N3. The van der Waals surface area contributed by atoms with Gasteiger partial charge in [-0.25, -0.2) is 0 Å². The lowest BCUT2D eigenvalue weighted by molar-refractivity contribution is 0.738. The van der Waals surface area contributed by atoms with E-state index in [1.54, 1.807) is 0 Å². The monoisotopic (exact) mass is 449 g/mol. The van der Waals surface area contributed by atoms with E-state index >= 15 is 0 Å². The van der Waals surface area contributed by atoms with Gasteiger partial charge in [-0.2, -0.15) is 0 Å². The highest BCUT2D eigenvalue weighted by Gasteiger charge is 2.14. The normalized spacial score (nSPS) is 17.5. The summed E-state index contributed by atoms with van der Waals surface area (Å²) in [5.41, 5.74) is 7.91. The maximum atomic E-state index is 4.95. The predicted molar refractivity (Wildman–Crippen MR) is 150 cm³/mol. The Hall–Kier alpha value is -3.72. The number of allylic oxidation sites excluding steroid dienone is 9. The van der Waals surface area contributed by atoms with E-state index in [-0.39, 0.29) is 6.04 Å². The van der Waals surface area contributed by atoms with Gasteiger partial charge < -0.3 is 5.32 Å².